The van der Waals surface area contributed by atoms with Gasteiger partial charge in [0.05, 0.1) is 11.0 Å². The molecule has 0 fully saturated rings. The Balaban J connectivity index is 1.43. The van der Waals surface area contributed by atoms with Crippen LogP contribution in [-0.4, -0.2) is 15.8 Å². The van der Waals surface area contributed by atoms with Crippen molar-refractivity contribution < 1.29 is 8.83 Å². The third kappa shape index (κ3) is 3.38. The number of nitrogen functional groups attached to an aromatic ring is 1. The summed E-state index contributed by atoms with van der Waals surface area (Å²) in [5, 5.41) is 7.49. The summed E-state index contributed by atoms with van der Waals surface area (Å²) in [6.07, 6.45) is 0. The minimum absolute atomic E-state index is 0.0320. The second kappa shape index (κ2) is 7.07. The standard InChI is InChI=1S/C24H19N5O2/c1-13(25)16-6-7-17-18(12-16)29-24(28-17)22-11-10-21(31-22)20-9-8-19(30-20)14-2-4-15(5-3-14)23(26)27/h2-12H,1,25H2,(H3,26,27)(H,28,29). The molecule has 5 aromatic rings. The number of benzene rings is 2. The highest BCUT2D eigenvalue weighted by Gasteiger charge is 2.14. The molecular weight excluding hydrogens is 390 g/mol. The summed E-state index contributed by atoms with van der Waals surface area (Å²) >= 11 is 0. The molecule has 0 atom stereocenters. The van der Waals surface area contributed by atoms with Crippen molar-refractivity contribution in [3.05, 3.63) is 84.4 Å². The highest BCUT2D eigenvalue weighted by Crippen LogP contribution is 2.32. The fourth-order valence-electron chi connectivity index (χ4n) is 3.36. The Labute approximate surface area is 177 Å². The first-order chi connectivity index (χ1) is 15.0. The first-order valence-electron chi connectivity index (χ1n) is 9.58. The lowest BCUT2D eigenvalue weighted by molar-refractivity contribution is 0.537. The number of nitrogens with zero attached hydrogens (tertiary/aromatic N) is 1. The van der Waals surface area contributed by atoms with Gasteiger partial charge in [0.2, 0.25) is 0 Å². The second-order valence-electron chi connectivity index (χ2n) is 7.16. The number of aromatic nitrogens is 2. The van der Waals surface area contributed by atoms with Crippen molar-refractivity contribution in [1.29, 1.82) is 5.41 Å². The van der Waals surface area contributed by atoms with Gasteiger partial charge in [-0.25, -0.2) is 4.98 Å². The van der Waals surface area contributed by atoms with Gasteiger partial charge in [-0.3, -0.25) is 5.41 Å². The molecule has 0 aliphatic heterocycles. The van der Waals surface area contributed by atoms with Crippen LogP contribution in [0, 0.1) is 5.41 Å². The number of hydrogen-bond donors (Lipinski definition) is 4. The van der Waals surface area contributed by atoms with E-state index >= 15 is 0 Å². The molecule has 0 spiro atoms. The zero-order valence-corrected chi connectivity index (χ0v) is 16.5. The van der Waals surface area contributed by atoms with Crippen molar-refractivity contribution in [2.45, 2.75) is 0 Å². The van der Waals surface area contributed by atoms with Gasteiger partial charge in [0.1, 0.15) is 11.6 Å². The molecule has 2 aromatic carbocycles. The largest absolute Gasteiger partial charge is 0.453 e. The minimum Gasteiger partial charge on any atom is -0.453 e. The molecule has 3 aromatic heterocycles. The summed E-state index contributed by atoms with van der Waals surface area (Å²) in [5.41, 5.74) is 15.9. The maximum atomic E-state index is 7.49. The molecule has 0 aliphatic rings. The van der Waals surface area contributed by atoms with Gasteiger partial charge < -0.3 is 25.3 Å². The molecule has 6 N–H and O–H groups in total. The number of nitrogens with one attached hydrogen (secondary N) is 2. The van der Waals surface area contributed by atoms with Crippen LogP contribution in [0.25, 0.3) is 51.2 Å². The number of hydrogen-bond acceptors (Lipinski definition) is 5. The molecule has 0 bridgehead atoms. The first kappa shape index (κ1) is 18.5. The molecule has 0 saturated heterocycles. The van der Waals surface area contributed by atoms with E-state index in [4.69, 9.17) is 25.7 Å². The number of H-pyrrole nitrogens is 1. The van der Waals surface area contributed by atoms with E-state index in [1.54, 1.807) is 12.1 Å². The van der Waals surface area contributed by atoms with Gasteiger partial charge in [0.25, 0.3) is 0 Å². The van der Waals surface area contributed by atoms with E-state index in [0.29, 0.717) is 40.1 Å². The monoisotopic (exact) mass is 409 g/mol. The van der Waals surface area contributed by atoms with E-state index in [2.05, 4.69) is 16.5 Å². The molecule has 0 amide bonds. The van der Waals surface area contributed by atoms with E-state index in [0.717, 1.165) is 22.2 Å². The van der Waals surface area contributed by atoms with E-state index < -0.39 is 0 Å². The van der Waals surface area contributed by atoms with Crippen LogP contribution in [0.15, 0.2) is 82.1 Å². The van der Waals surface area contributed by atoms with Crippen LogP contribution in [0.2, 0.25) is 0 Å². The van der Waals surface area contributed by atoms with Crippen LogP contribution < -0.4 is 11.5 Å². The molecule has 7 heteroatoms. The fourth-order valence-corrected chi connectivity index (χ4v) is 3.36. The van der Waals surface area contributed by atoms with Crippen LogP contribution >= 0.6 is 0 Å². The first-order valence-corrected chi connectivity index (χ1v) is 9.58. The molecule has 31 heavy (non-hydrogen) atoms. The summed E-state index contributed by atoms with van der Waals surface area (Å²) in [7, 11) is 0. The number of fused-ring (bicyclic) bond motifs is 1. The average Bonchev–Trinajstić information content (AvgIpc) is 3.51. The highest BCUT2D eigenvalue weighted by atomic mass is 16.4. The van der Waals surface area contributed by atoms with Crippen LogP contribution in [-0.2, 0) is 0 Å². The summed E-state index contributed by atoms with van der Waals surface area (Å²) in [4.78, 5) is 7.85. The van der Waals surface area contributed by atoms with Crippen molar-refractivity contribution in [1.82, 2.24) is 9.97 Å². The Bertz CT molecular complexity index is 1440. The number of nitrogens with two attached hydrogens (primary N) is 2. The molecule has 7 nitrogen and oxygen atoms in total. The van der Waals surface area contributed by atoms with Gasteiger partial charge >= 0.3 is 0 Å². The van der Waals surface area contributed by atoms with E-state index in [9.17, 15) is 0 Å². The third-order valence-corrected chi connectivity index (χ3v) is 5.02. The van der Waals surface area contributed by atoms with Gasteiger partial charge in [0, 0.05) is 16.8 Å². The van der Waals surface area contributed by atoms with Crippen molar-refractivity contribution in [2.24, 2.45) is 11.5 Å². The number of rotatable bonds is 5. The van der Waals surface area contributed by atoms with Gasteiger partial charge in [-0.1, -0.05) is 36.9 Å². The van der Waals surface area contributed by atoms with Crippen LogP contribution in [0.1, 0.15) is 11.1 Å². The van der Waals surface area contributed by atoms with E-state index in [1.165, 1.54) is 0 Å². The predicted octanol–water partition coefficient (Wildman–Crippen LogP) is 4.96. The number of amidine groups is 1. The summed E-state index contributed by atoms with van der Waals surface area (Å²) in [5.74, 6) is 3.15. The van der Waals surface area contributed by atoms with Crippen molar-refractivity contribution in [3.63, 3.8) is 0 Å². The van der Waals surface area contributed by atoms with Crippen molar-refractivity contribution >= 4 is 22.6 Å². The van der Waals surface area contributed by atoms with E-state index in [1.807, 2.05) is 54.6 Å². The lowest BCUT2D eigenvalue weighted by Crippen LogP contribution is -2.10. The van der Waals surface area contributed by atoms with Gasteiger partial charge in [-0.15, -0.1) is 0 Å². The quantitative estimate of drug-likeness (QED) is 0.241. The molecule has 0 radical (unpaired) electrons. The molecule has 3 heterocycles. The number of imidazole rings is 1. The SMILES string of the molecule is C=C(N)c1ccc2nc(-c3ccc(-c4ccc(-c5ccc(C(=N)N)cc5)o4)o3)[nH]c2c1. The van der Waals surface area contributed by atoms with Gasteiger partial charge in [-0.2, -0.15) is 0 Å². The molecule has 152 valence electrons. The topological polar surface area (TPSA) is 131 Å². The maximum Gasteiger partial charge on any atom is 0.174 e. The maximum absolute atomic E-state index is 7.49. The Morgan fingerprint density at radius 1 is 0.806 bits per heavy atom. The Morgan fingerprint density at radius 3 is 2.10 bits per heavy atom. The van der Waals surface area contributed by atoms with Crippen LogP contribution in [0.5, 0.6) is 0 Å². The Hall–Kier alpha value is -4.52. The van der Waals surface area contributed by atoms with Crippen LogP contribution in [0.4, 0.5) is 0 Å². The zero-order chi connectivity index (χ0) is 21.5. The normalized spacial score (nSPS) is 11.1. The lowest BCUT2D eigenvalue weighted by Gasteiger charge is -2.00. The zero-order valence-electron chi connectivity index (χ0n) is 16.5. The summed E-state index contributed by atoms with van der Waals surface area (Å²) in [6.45, 7) is 3.77. The summed E-state index contributed by atoms with van der Waals surface area (Å²) in [6, 6.07) is 20.4. The third-order valence-electron chi connectivity index (χ3n) is 5.02. The van der Waals surface area contributed by atoms with E-state index in [-0.39, 0.29) is 5.84 Å². The molecular formula is C24H19N5O2. The van der Waals surface area contributed by atoms with Crippen molar-refractivity contribution in [3.8, 4) is 34.4 Å². The fraction of sp³-hybridized carbons (Fsp3) is 0. The Morgan fingerprint density at radius 2 is 1.42 bits per heavy atom. The molecule has 0 aliphatic carbocycles. The van der Waals surface area contributed by atoms with Gasteiger partial charge in [0.15, 0.2) is 23.1 Å². The molecule has 0 unspecified atom stereocenters. The second-order valence-corrected chi connectivity index (χ2v) is 7.16. The summed E-state index contributed by atoms with van der Waals surface area (Å²) < 4.78 is 12.0. The van der Waals surface area contributed by atoms with Gasteiger partial charge in [-0.05, 0) is 42.0 Å². The molecule has 5 rings (SSSR count). The van der Waals surface area contributed by atoms with Crippen molar-refractivity contribution in [2.75, 3.05) is 0 Å². The minimum atomic E-state index is 0.0320. The number of aromatic amines is 1. The average molecular weight is 409 g/mol. The lowest BCUT2D eigenvalue weighted by atomic mass is 10.1. The predicted molar refractivity (Wildman–Crippen MR) is 121 cm³/mol. The molecule has 0 saturated carbocycles. The highest BCUT2D eigenvalue weighted by molar-refractivity contribution is 5.95. The van der Waals surface area contributed by atoms with Crippen LogP contribution in [0.3, 0.4) is 0 Å². The Kier molecular flexibility index (Phi) is 4.22. The number of furan rings is 2. The smallest absolute Gasteiger partial charge is 0.174 e.